The van der Waals surface area contributed by atoms with Crippen molar-refractivity contribution in [2.45, 2.75) is 31.3 Å². The Bertz CT molecular complexity index is 495. The molecule has 0 saturated carbocycles. The molecule has 2 heteroatoms. The van der Waals surface area contributed by atoms with E-state index in [1.165, 1.54) is 11.1 Å². The van der Waals surface area contributed by atoms with Crippen molar-refractivity contribution in [2.24, 2.45) is 0 Å². The average Bonchev–Trinajstić information content (AvgIpc) is 3.02. The van der Waals surface area contributed by atoms with E-state index in [2.05, 4.69) is 72.9 Å². The van der Waals surface area contributed by atoms with E-state index in [0.29, 0.717) is 18.0 Å². The van der Waals surface area contributed by atoms with Crippen LogP contribution in [0.3, 0.4) is 0 Å². The maximum absolute atomic E-state index is 5.49. The Labute approximate surface area is 127 Å². The first-order valence-electron chi connectivity index (χ1n) is 7.78. The Kier molecular flexibility index (Phi) is 4.69. The van der Waals surface area contributed by atoms with Gasteiger partial charge in [-0.15, -0.1) is 0 Å². The maximum Gasteiger partial charge on any atom is 0.0620 e. The fourth-order valence-corrected chi connectivity index (χ4v) is 3.22. The van der Waals surface area contributed by atoms with Crippen LogP contribution in [0.1, 0.15) is 30.4 Å². The number of rotatable bonds is 5. The molecule has 0 amide bonds. The molecule has 0 spiro atoms. The van der Waals surface area contributed by atoms with Gasteiger partial charge in [-0.05, 0) is 24.5 Å². The van der Waals surface area contributed by atoms with E-state index >= 15 is 0 Å². The molecule has 1 N–H and O–H groups in total. The predicted molar refractivity (Wildman–Crippen MR) is 86.5 cm³/mol. The smallest absolute Gasteiger partial charge is 0.0620 e. The minimum Gasteiger partial charge on any atom is -0.380 e. The van der Waals surface area contributed by atoms with Crippen molar-refractivity contribution in [2.75, 3.05) is 13.2 Å². The van der Waals surface area contributed by atoms with E-state index in [-0.39, 0.29) is 0 Å². The van der Waals surface area contributed by atoms with Crippen molar-refractivity contribution in [1.29, 1.82) is 0 Å². The molecule has 1 heterocycles. The van der Waals surface area contributed by atoms with Crippen molar-refractivity contribution >= 4 is 0 Å². The van der Waals surface area contributed by atoms with Gasteiger partial charge >= 0.3 is 0 Å². The van der Waals surface area contributed by atoms with Crippen LogP contribution in [0.5, 0.6) is 0 Å². The summed E-state index contributed by atoms with van der Waals surface area (Å²) in [6.45, 7) is 4.00. The molecule has 2 atom stereocenters. The summed E-state index contributed by atoms with van der Waals surface area (Å²) in [5.74, 6) is 0.369. The molecule has 2 aromatic carbocycles. The second-order valence-electron chi connectivity index (χ2n) is 5.81. The molecule has 0 aromatic heterocycles. The highest BCUT2D eigenvalue weighted by molar-refractivity contribution is 5.34. The van der Waals surface area contributed by atoms with E-state index in [1.807, 2.05) is 0 Å². The standard InChI is InChI=1S/C19H23NO/c1-15(20-18-12-13-21-14-18)19(16-8-4-2-5-9-16)17-10-6-3-7-11-17/h2-11,15,18-20H,12-14H2,1H3. The normalized spacial score (nSPS) is 19.8. The molecule has 21 heavy (non-hydrogen) atoms. The first-order chi connectivity index (χ1) is 10.3. The van der Waals surface area contributed by atoms with Crippen molar-refractivity contribution in [3.05, 3.63) is 71.8 Å². The molecule has 1 aliphatic rings. The van der Waals surface area contributed by atoms with Gasteiger partial charge in [-0.25, -0.2) is 0 Å². The summed E-state index contributed by atoms with van der Waals surface area (Å²) in [5, 5.41) is 3.75. The molecular weight excluding hydrogens is 258 g/mol. The molecular formula is C19H23NO. The Morgan fingerprint density at radius 1 is 0.952 bits per heavy atom. The van der Waals surface area contributed by atoms with Gasteiger partial charge in [-0.1, -0.05) is 60.7 Å². The van der Waals surface area contributed by atoms with Gasteiger partial charge in [0.1, 0.15) is 0 Å². The summed E-state index contributed by atoms with van der Waals surface area (Å²) < 4.78 is 5.49. The molecule has 2 unspecified atom stereocenters. The third-order valence-corrected chi connectivity index (χ3v) is 4.25. The minimum atomic E-state index is 0.369. The summed E-state index contributed by atoms with van der Waals surface area (Å²) in [6.07, 6.45) is 1.11. The highest BCUT2D eigenvalue weighted by Crippen LogP contribution is 2.28. The van der Waals surface area contributed by atoms with Crippen molar-refractivity contribution in [3.63, 3.8) is 0 Å². The lowest BCUT2D eigenvalue weighted by molar-refractivity contribution is 0.187. The van der Waals surface area contributed by atoms with Crippen molar-refractivity contribution < 1.29 is 4.74 Å². The largest absolute Gasteiger partial charge is 0.380 e. The van der Waals surface area contributed by atoms with Gasteiger partial charge in [0.2, 0.25) is 0 Å². The van der Waals surface area contributed by atoms with E-state index < -0.39 is 0 Å². The van der Waals surface area contributed by atoms with Gasteiger partial charge in [0.25, 0.3) is 0 Å². The zero-order valence-corrected chi connectivity index (χ0v) is 12.5. The molecule has 1 saturated heterocycles. The number of hydrogen-bond acceptors (Lipinski definition) is 2. The summed E-state index contributed by atoms with van der Waals surface area (Å²) in [7, 11) is 0. The molecule has 3 rings (SSSR count). The number of nitrogens with one attached hydrogen (secondary N) is 1. The third kappa shape index (κ3) is 3.52. The summed E-state index contributed by atoms with van der Waals surface area (Å²) in [5.41, 5.74) is 2.73. The lowest BCUT2D eigenvalue weighted by Crippen LogP contribution is -2.40. The Morgan fingerprint density at radius 2 is 1.52 bits per heavy atom. The minimum absolute atomic E-state index is 0.369. The Hall–Kier alpha value is -1.64. The van der Waals surface area contributed by atoms with Crippen LogP contribution in [0.2, 0.25) is 0 Å². The first-order valence-corrected chi connectivity index (χ1v) is 7.78. The lowest BCUT2D eigenvalue weighted by atomic mass is 9.85. The van der Waals surface area contributed by atoms with Crippen LogP contribution in [-0.2, 0) is 4.74 Å². The van der Waals surface area contributed by atoms with Crippen LogP contribution in [0, 0.1) is 0 Å². The molecule has 1 fully saturated rings. The van der Waals surface area contributed by atoms with Gasteiger partial charge < -0.3 is 10.1 Å². The van der Waals surface area contributed by atoms with Gasteiger partial charge in [-0.2, -0.15) is 0 Å². The highest BCUT2D eigenvalue weighted by atomic mass is 16.5. The van der Waals surface area contributed by atoms with Gasteiger partial charge in [0.05, 0.1) is 6.61 Å². The quantitative estimate of drug-likeness (QED) is 0.904. The number of ether oxygens (including phenoxy) is 1. The molecule has 0 radical (unpaired) electrons. The zero-order chi connectivity index (χ0) is 14.5. The van der Waals surface area contributed by atoms with Crippen molar-refractivity contribution in [3.8, 4) is 0 Å². The van der Waals surface area contributed by atoms with E-state index in [1.54, 1.807) is 0 Å². The van der Waals surface area contributed by atoms with E-state index in [4.69, 9.17) is 4.74 Å². The summed E-state index contributed by atoms with van der Waals surface area (Å²) in [4.78, 5) is 0. The van der Waals surface area contributed by atoms with Gasteiger partial charge in [0.15, 0.2) is 0 Å². The lowest BCUT2D eigenvalue weighted by Gasteiger charge is -2.28. The topological polar surface area (TPSA) is 21.3 Å². The molecule has 2 aromatic rings. The molecule has 0 aliphatic carbocycles. The fraction of sp³-hybridized carbons (Fsp3) is 0.368. The van der Waals surface area contributed by atoms with Crippen LogP contribution < -0.4 is 5.32 Å². The predicted octanol–water partition coefficient (Wildman–Crippen LogP) is 3.59. The maximum atomic E-state index is 5.49. The van der Waals surface area contributed by atoms with Crippen LogP contribution >= 0.6 is 0 Å². The first kappa shape index (κ1) is 14.3. The average molecular weight is 281 g/mol. The van der Waals surface area contributed by atoms with Crippen molar-refractivity contribution in [1.82, 2.24) is 5.32 Å². The third-order valence-electron chi connectivity index (χ3n) is 4.25. The summed E-state index contributed by atoms with van der Waals surface area (Å²) >= 11 is 0. The molecule has 1 aliphatic heterocycles. The molecule has 0 bridgehead atoms. The van der Waals surface area contributed by atoms with Crippen LogP contribution in [0.4, 0.5) is 0 Å². The van der Waals surface area contributed by atoms with E-state index in [0.717, 1.165) is 19.6 Å². The van der Waals surface area contributed by atoms with Gasteiger partial charge in [0, 0.05) is 24.6 Å². The molecule has 110 valence electrons. The fourth-order valence-electron chi connectivity index (χ4n) is 3.22. The van der Waals surface area contributed by atoms with Crippen LogP contribution in [-0.4, -0.2) is 25.3 Å². The second kappa shape index (κ2) is 6.88. The molecule has 2 nitrogen and oxygen atoms in total. The SMILES string of the molecule is CC(NC1CCOC1)C(c1ccccc1)c1ccccc1. The van der Waals surface area contributed by atoms with Crippen LogP contribution in [0.15, 0.2) is 60.7 Å². The van der Waals surface area contributed by atoms with E-state index in [9.17, 15) is 0 Å². The highest BCUT2D eigenvalue weighted by Gasteiger charge is 2.25. The monoisotopic (exact) mass is 281 g/mol. The van der Waals surface area contributed by atoms with Gasteiger partial charge in [-0.3, -0.25) is 0 Å². The summed E-state index contributed by atoms with van der Waals surface area (Å²) in [6, 6.07) is 22.4. The second-order valence-corrected chi connectivity index (χ2v) is 5.81. The number of benzene rings is 2. The number of hydrogen-bond donors (Lipinski definition) is 1. The van der Waals surface area contributed by atoms with Crippen LogP contribution in [0.25, 0.3) is 0 Å². The Balaban J connectivity index is 1.85. The Morgan fingerprint density at radius 3 is 2.00 bits per heavy atom. The zero-order valence-electron chi connectivity index (χ0n) is 12.5.